The van der Waals surface area contributed by atoms with Crippen LogP contribution in [0.1, 0.15) is 31.2 Å². The van der Waals surface area contributed by atoms with Crippen LogP contribution in [-0.2, 0) is 11.2 Å². The molecule has 0 bridgehead atoms. The summed E-state index contributed by atoms with van der Waals surface area (Å²) in [5, 5.41) is 26.2. The van der Waals surface area contributed by atoms with Gasteiger partial charge in [-0.1, -0.05) is 67.1 Å². The number of phenols is 2. The maximum Gasteiger partial charge on any atom is 0.224 e. The largest absolute Gasteiger partial charge is 0.504 e. The van der Waals surface area contributed by atoms with E-state index in [4.69, 9.17) is 0 Å². The minimum atomic E-state index is -1.78. The van der Waals surface area contributed by atoms with Crippen molar-refractivity contribution in [3.8, 4) is 11.5 Å². The molecule has 4 aromatic rings. The van der Waals surface area contributed by atoms with E-state index in [0.717, 1.165) is 31.8 Å². The Balaban J connectivity index is 1.35. The van der Waals surface area contributed by atoms with Crippen molar-refractivity contribution >= 4 is 29.1 Å². The second kappa shape index (κ2) is 13.1. The third-order valence-corrected chi connectivity index (χ3v) is 11.3. The van der Waals surface area contributed by atoms with Gasteiger partial charge in [-0.2, -0.15) is 0 Å². The minimum absolute atomic E-state index is 0.0766. The van der Waals surface area contributed by atoms with Crippen molar-refractivity contribution in [1.82, 2.24) is 5.32 Å². The van der Waals surface area contributed by atoms with Crippen LogP contribution in [-0.4, -0.2) is 28.8 Å². The van der Waals surface area contributed by atoms with Gasteiger partial charge in [-0.3, -0.25) is 4.79 Å². The summed E-state index contributed by atoms with van der Waals surface area (Å²) in [5.74, 6) is -0.458. The first kappa shape index (κ1) is 26.4. The lowest BCUT2D eigenvalue weighted by Gasteiger charge is -2.27. The predicted octanol–water partition coefficient (Wildman–Crippen LogP) is 5.31. The van der Waals surface area contributed by atoms with Gasteiger partial charge in [0, 0.05) is 6.54 Å². The highest BCUT2D eigenvalue weighted by Crippen LogP contribution is 2.55. The predicted molar refractivity (Wildman–Crippen MR) is 155 cm³/mol. The molecule has 5 heteroatoms. The SMILES string of the molecule is O=C(Cc1ccc(O)c(O)c1)NCCCCCC[P+](c1ccccc1)(c1ccccc1)c1ccccc1. The topological polar surface area (TPSA) is 69.6 Å². The molecule has 0 saturated heterocycles. The molecule has 0 fully saturated rings. The normalized spacial score (nSPS) is 11.2. The number of rotatable bonds is 12. The van der Waals surface area contributed by atoms with Crippen LogP contribution in [0.25, 0.3) is 0 Å². The Morgan fingerprint density at radius 3 is 1.65 bits per heavy atom. The van der Waals surface area contributed by atoms with Crippen LogP contribution in [0.3, 0.4) is 0 Å². The van der Waals surface area contributed by atoms with Crippen molar-refractivity contribution in [3.05, 3.63) is 115 Å². The summed E-state index contributed by atoms with van der Waals surface area (Å²) in [6.07, 6.45) is 5.51. The smallest absolute Gasteiger partial charge is 0.224 e. The second-order valence-corrected chi connectivity index (χ2v) is 12.9. The molecule has 0 aliphatic carbocycles. The number of hydrogen-bond acceptors (Lipinski definition) is 3. The number of hydrogen-bond donors (Lipinski definition) is 3. The van der Waals surface area contributed by atoms with Gasteiger partial charge >= 0.3 is 0 Å². The molecule has 0 spiro atoms. The zero-order chi connectivity index (χ0) is 25.9. The minimum Gasteiger partial charge on any atom is -0.504 e. The molecule has 4 rings (SSSR count). The lowest BCUT2D eigenvalue weighted by atomic mass is 10.1. The summed E-state index contributed by atoms with van der Waals surface area (Å²) in [4.78, 5) is 12.2. The summed E-state index contributed by atoms with van der Waals surface area (Å²) in [5.41, 5.74) is 0.677. The number of aromatic hydroxyl groups is 2. The summed E-state index contributed by atoms with van der Waals surface area (Å²) in [7, 11) is -1.78. The highest BCUT2D eigenvalue weighted by molar-refractivity contribution is 7.95. The Morgan fingerprint density at radius 2 is 1.14 bits per heavy atom. The zero-order valence-electron chi connectivity index (χ0n) is 21.1. The van der Waals surface area contributed by atoms with E-state index in [0.29, 0.717) is 12.1 Å². The van der Waals surface area contributed by atoms with Crippen LogP contribution in [0, 0.1) is 0 Å². The van der Waals surface area contributed by atoms with Gasteiger partial charge in [0.1, 0.15) is 23.2 Å². The first-order valence-electron chi connectivity index (χ1n) is 12.9. The summed E-state index contributed by atoms with van der Waals surface area (Å²) in [6, 6.07) is 37.4. The summed E-state index contributed by atoms with van der Waals surface area (Å²) in [6.45, 7) is 0.638. The fourth-order valence-corrected chi connectivity index (χ4v) is 9.27. The van der Waals surface area contributed by atoms with Crippen LogP contribution in [0.15, 0.2) is 109 Å². The van der Waals surface area contributed by atoms with Crippen LogP contribution < -0.4 is 21.2 Å². The second-order valence-electron chi connectivity index (χ2n) is 9.30. The lowest BCUT2D eigenvalue weighted by molar-refractivity contribution is -0.120. The van der Waals surface area contributed by atoms with Gasteiger partial charge in [0.2, 0.25) is 5.91 Å². The maximum absolute atomic E-state index is 12.2. The fourth-order valence-electron chi connectivity index (χ4n) is 4.86. The standard InChI is InChI=1S/C32H34NO3P/c34-30-21-20-26(24-31(30)35)25-32(36)33-22-12-1-2-13-23-37(27-14-6-3-7-15-27,28-16-8-4-9-17-28)29-18-10-5-11-19-29/h3-11,14-21,24H,1-2,12-13,22-23,25H2,(H2-,33,34,35,36)/p+1. The number of unbranched alkanes of at least 4 members (excludes halogenated alkanes) is 3. The van der Waals surface area contributed by atoms with Crippen molar-refractivity contribution in [3.63, 3.8) is 0 Å². The molecular weight excluding hydrogens is 477 g/mol. The molecule has 4 nitrogen and oxygen atoms in total. The molecule has 4 aromatic carbocycles. The highest BCUT2D eigenvalue weighted by atomic mass is 31.2. The van der Waals surface area contributed by atoms with Crippen LogP contribution in [0.5, 0.6) is 11.5 Å². The van der Waals surface area contributed by atoms with Crippen molar-refractivity contribution in [2.24, 2.45) is 0 Å². The van der Waals surface area contributed by atoms with Gasteiger partial charge in [0.25, 0.3) is 0 Å². The zero-order valence-corrected chi connectivity index (χ0v) is 22.0. The van der Waals surface area contributed by atoms with E-state index in [1.165, 1.54) is 28.0 Å². The number of nitrogens with one attached hydrogen (secondary N) is 1. The number of carbonyl (C=O) groups is 1. The molecule has 190 valence electrons. The van der Waals surface area contributed by atoms with Gasteiger partial charge in [-0.15, -0.1) is 0 Å². The Labute approximate surface area is 220 Å². The first-order chi connectivity index (χ1) is 18.1. The van der Waals surface area contributed by atoms with E-state index in [1.54, 1.807) is 6.07 Å². The van der Waals surface area contributed by atoms with Crippen LogP contribution in [0.4, 0.5) is 0 Å². The Bertz CT molecular complexity index is 1170. The Kier molecular flexibility index (Phi) is 9.35. The van der Waals surface area contributed by atoms with Crippen molar-refractivity contribution in [1.29, 1.82) is 0 Å². The monoisotopic (exact) mass is 512 g/mol. The highest BCUT2D eigenvalue weighted by Gasteiger charge is 2.44. The molecule has 0 heterocycles. The molecule has 0 radical (unpaired) electrons. The number of carbonyl (C=O) groups excluding carboxylic acids is 1. The van der Waals surface area contributed by atoms with Gasteiger partial charge in [-0.05, 0) is 73.4 Å². The molecule has 1 amide bonds. The summed E-state index contributed by atoms with van der Waals surface area (Å²) < 4.78 is 0. The van der Waals surface area contributed by atoms with E-state index < -0.39 is 7.26 Å². The molecule has 0 aliphatic rings. The molecule has 3 N–H and O–H groups in total. The molecule has 0 unspecified atom stereocenters. The Morgan fingerprint density at radius 1 is 0.622 bits per heavy atom. The van der Waals surface area contributed by atoms with Gasteiger partial charge in [0.15, 0.2) is 11.5 Å². The molecule has 0 atom stereocenters. The third-order valence-electron chi connectivity index (χ3n) is 6.74. The molecule has 0 saturated carbocycles. The van der Waals surface area contributed by atoms with E-state index >= 15 is 0 Å². The third kappa shape index (κ3) is 6.78. The van der Waals surface area contributed by atoms with Gasteiger partial charge in [0.05, 0.1) is 12.6 Å². The van der Waals surface area contributed by atoms with Crippen molar-refractivity contribution in [2.75, 3.05) is 12.7 Å². The molecule has 37 heavy (non-hydrogen) atoms. The van der Waals surface area contributed by atoms with E-state index in [1.807, 2.05) is 0 Å². The van der Waals surface area contributed by atoms with E-state index in [9.17, 15) is 15.0 Å². The van der Waals surface area contributed by atoms with E-state index in [2.05, 4.69) is 96.3 Å². The molecular formula is C32H35NO3P+. The van der Waals surface area contributed by atoms with Gasteiger partial charge in [-0.25, -0.2) is 0 Å². The van der Waals surface area contributed by atoms with E-state index in [-0.39, 0.29) is 23.8 Å². The molecule has 0 aromatic heterocycles. The maximum atomic E-state index is 12.2. The number of amides is 1. The molecule has 0 aliphatic heterocycles. The van der Waals surface area contributed by atoms with Crippen molar-refractivity contribution in [2.45, 2.75) is 32.1 Å². The average Bonchev–Trinajstić information content (AvgIpc) is 2.94. The number of phenolic OH excluding ortho intramolecular Hbond substituents is 2. The van der Waals surface area contributed by atoms with Gasteiger partial charge < -0.3 is 15.5 Å². The van der Waals surface area contributed by atoms with Crippen LogP contribution in [0.2, 0.25) is 0 Å². The first-order valence-corrected chi connectivity index (χ1v) is 14.9. The summed E-state index contributed by atoms with van der Waals surface area (Å²) >= 11 is 0. The quantitative estimate of drug-likeness (QED) is 0.137. The number of benzene rings is 4. The Hall–Kier alpha value is -3.62. The lowest BCUT2D eigenvalue weighted by Crippen LogP contribution is -2.33. The van der Waals surface area contributed by atoms with Crippen molar-refractivity contribution < 1.29 is 15.0 Å². The fraction of sp³-hybridized carbons (Fsp3) is 0.219. The van der Waals surface area contributed by atoms with Crippen LogP contribution >= 0.6 is 7.26 Å². The average molecular weight is 513 g/mol.